The van der Waals surface area contributed by atoms with Crippen LogP contribution in [0.5, 0.6) is 0 Å². The van der Waals surface area contributed by atoms with Gasteiger partial charge in [0.05, 0.1) is 24.5 Å². The van der Waals surface area contributed by atoms with Gasteiger partial charge in [-0.3, -0.25) is 14.5 Å². The lowest BCUT2D eigenvalue weighted by Gasteiger charge is -2.39. The highest BCUT2D eigenvalue weighted by molar-refractivity contribution is 5.94. The SMILES string of the molecule is [C-]#[N+]c1ccc(Cn2cncc2CN2CCN(C(=O)C3CCCCC3NC(=O)c3ccccc3)CC2)cc1. The van der Waals surface area contributed by atoms with Crippen LogP contribution in [0.3, 0.4) is 0 Å². The van der Waals surface area contributed by atoms with Gasteiger partial charge in [0, 0.05) is 57.1 Å². The third kappa shape index (κ3) is 6.12. The molecule has 0 spiro atoms. The van der Waals surface area contributed by atoms with E-state index >= 15 is 0 Å². The standard InChI is InChI=1S/C30H34N6O2/c1-31-25-13-11-23(12-14-25)20-36-22-32-19-26(36)21-34-15-17-35(18-16-34)30(38)27-9-5-6-10-28(27)33-29(37)24-7-3-2-4-8-24/h2-4,7-8,11-14,19,22,27-28H,5-6,9-10,15-18,20-21H2,(H,33,37). The van der Waals surface area contributed by atoms with E-state index in [1.165, 1.54) is 0 Å². The predicted molar refractivity (Wildman–Crippen MR) is 146 cm³/mol. The van der Waals surface area contributed by atoms with Gasteiger partial charge in [0.2, 0.25) is 5.91 Å². The molecule has 2 aromatic carbocycles. The minimum absolute atomic E-state index is 0.0981. The van der Waals surface area contributed by atoms with Crippen molar-refractivity contribution in [1.82, 2.24) is 24.7 Å². The van der Waals surface area contributed by atoms with Crippen LogP contribution in [0.25, 0.3) is 4.85 Å². The quantitative estimate of drug-likeness (QED) is 0.486. The molecular formula is C30H34N6O2. The van der Waals surface area contributed by atoms with Gasteiger partial charge >= 0.3 is 0 Å². The average Bonchev–Trinajstić information content (AvgIpc) is 3.40. The van der Waals surface area contributed by atoms with Crippen LogP contribution < -0.4 is 5.32 Å². The van der Waals surface area contributed by atoms with E-state index in [0.717, 1.165) is 56.6 Å². The number of hydrogen-bond donors (Lipinski definition) is 1. The smallest absolute Gasteiger partial charge is 0.251 e. The zero-order valence-electron chi connectivity index (χ0n) is 21.6. The monoisotopic (exact) mass is 510 g/mol. The normalized spacial score (nSPS) is 20.0. The van der Waals surface area contributed by atoms with Gasteiger partial charge in [0.1, 0.15) is 0 Å². The fourth-order valence-corrected chi connectivity index (χ4v) is 5.53. The number of nitrogens with one attached hydrogen (secondary N) is 1. The molecule has 2 atom stereocenters. The number of piperazine rings is 1. The van der Waals surface area contributed by atoms with Crippen molar-refractivity contribution < 1.29 is 9.59 Å². The van der Waals surface area contributed by atoms with Gasteiger partial charge in [0.25, 0.3) is 5.91 Å². The van der Waals surface area contributed by atoms with Crippen LogP contribution in [0.15, 0.2) is 67.1 Å². The molecule has 1 N–H and O–H groups in total. The van der Waals surface area contributed by atoms with E-state index in [9.17, 15) is 9.59 Å². The van der Waals surface area contributed by atoms with Crippen molar-refractivity contribution in [1.29, 1.82) is 0 Å². The summed E-state index contributed by atoms with van der Waals surface area (Å²) in [5.41, 5.74) is 3.55. The van der Waals surface area contributed by atoms with Gasteiger partial charge < -0.3 is 14.8 Å². The summed E-state index contributed by atoms with van der Waals surface area (Å²) >= 11 is 0. The summed E-state index contributed by atoms with van der Waals surface area (Å²) < 4.78 is 2.15. The minimum Gasteiger partial charge on any atom is -0.349 e. The largest absolute Gasteiger partial charge is 0.349 e. The molecule has 2 unspecified atom stereocenters. The van der Waals surface area contributed by atoms with E-state index < -0.39 is 0 Å². The summed E-state index contributed by atoms with van der Waals surface area (Å²) in [5.74, 6) is -0.0756. The van der Waals surface area contributed by atoms with Crippen molar-refractivity contribution in [2.24, 2.45) is 5.92 Å². The van der Waals surface area contributed by atoms with Gasteiger partial charge in [-0.05, 0) is 30.5 Å². The number of amides is 2. The van der Waals surface area contributed by atoms with Crippen LogP contribution in [0, 0.1) is 12.5 Å². The Morgan fingerprint density at radius 1 is 0.947 bits per heavy atom. The lowest BCUT2D eigenvalue weighted by molar-refractivity contribution is -0.139. The summed E-state index contributed by atoms with van der Waals surface area (Å²) in [4.78, 5) is 38.5. The first-order chi connectivity index (χ1) is 18.6. The molecule has 1 aliphatic heterocycles. The number of hydrogen-bond acceptors (Lipinski definition) is 4. The van der Waals surface area contributed by atoms with Gasteiger partial charge in [-0.15, -0.1) is 0 Å². The van der Waals surface area contributed by atoms with E-state index in [4.69, 9.17) is 6.57 Å². The molecule has 5 rings (SSSR count). The summed E-state index contributed by atoms with van der Waals surface area (Å²) in [7, 11) is 0. The summed E-state index contributed by atoms with van der Waals surface area (Å²) in [5, 5.41) is 3.16. The second-order valence-electron chi connectivity index (χ2n) is 10.2. The predicted octanol–water partition coefficient (Wildman–Crippen LogP) is 4.12. The molecule has 196 valence electrons. The Morgan fingerprint density at radius 3 is 2.42 bits per heavy atom. The van der Waals surface area contributed by atoms with E-state index in [-0.39, 0.29) is 23.8 Å². The Hall–Kier alpha value is -3.96. The zero-order valence-corrected chi connectivity index (χ0v) is 21.6. The van der Waals surface area contributed by atoms with Crippen LogP contribution in [-0.2, 0) is 17.9 Å². The highest BCUT2D eigenvalue weighted by Gasteiger charge is 2.35. The summed E-state index contributed by atoms with van der Waals surface area (Å²) in [6, 6.07) is 16.8. The average molecular weight is 511 g/mol. The van der Waals surface area contributed by atoms with E-state index in [1.54, 1.807) is 0 Å². The van der Waals surface area contributed by atoms with E-state index in [0.29, 0.717) is 30.9 Å². The molecule has 2 fully saturated rings. The maximum Gasteiger partial charge on any atom is 0.251 e. The highest BCUT2D eigenvalue weighted by Crippen LogP contribution is 2.27. The third-order valence-corrected chi connectivity index (χ3v) is 7.72. The Kier molecular flexibility index (Phi) is 8.15. The highest BCUT2D eigenvalue weighted by atomic mass is 16.2. The molecule has 2 aliphatic rings. The second kappa shape index (κ2) is 12.1. The number of carbonyl (C=O) groups is 2. The first-order valence-electron chi connectivity index (χ1n) is 13.4. The van der Waals surface area contributed by atoms with Crippen LogP contribution in [0.1, 0.15) is 47.3 Å². The van der Waals surface area contributed by atoms with Crippen molar-refractivity contribution in [3.8, 4) is 0 Å². The fourth-order valence-electron chi connectivity index (χ4n) is 5.53. The van der Waals surface area contributed by atoms with Gasteiger partial charge in [0.15, 0.2) is 5.69 Å². The number of aromatic nitrogens is 2. The molecule has 2 heterocycles. The lowest BCUT2D eigenvalue weighted by atomic mass is 9.83. The van der Waals surface area contributed by atoms with Crippen LogP contribution in [0.4, 0.5) is 5.69 Å². The van der Waals surface area contributed by atoms with Crippen LogP contribution >= 0.6 is 0 Å². The molecule has 3 aromatic rings. The second-order valence-corrected chi connectivity index (χ2v) is 10.2. The number of rotatable bonds is 7. The number of imidazole rings is 1. The minimum atomic E-state index is -0.154. The molecule has 1 aromatic heterocycles. The van der Waals surface area contributed by atoms with Crippen molar-refractivity contribution in [3.05, 3.63) is 95.4 Å². The molecule has 1 saturated heterocycles. The number of carbonyl (C=O) groups excluding carboxylic acids is 2. The molecule has 2 amide bonds. The topological polar surface area (TPSA) is 74.8 Å². The molecule has 8 heteroatoms. The molecular weight excluding hydrogens is 476 g/mol. The zero-order chi connectivity index (χ0) is 26.3. The molecule has 0 radical (unpaired) electrons. The molecule has 1 saturated carbocycles. The first-order valence-corrected chi connectivity index (χ1v) is 13.4. The number of benzene rings is 2. The van der Waals surface area contributed by atoms with E-state index in [2.05, 4.69) is 24.6 Å². The van der Waals surface area contributed by atoms with Crippen molar-refractivity contribution >= 4 is 17.5 Å². The summed E-state index contributed by atoms with van der Waals surface area (Å²) in [6.07, 6.45) is 7.50. The Balaban J connectivity index is 1.14. The first kappa shape index (κ1) is 25.7. The molecule has 1 aliphatic carbocycles. The maximum atomic E-state index is 13.5. The third-order valence-electron chi connectivity index (χ3n) is 7.72. The van der Waals surface area contributed by atoms with Crippen molar-refractivity contribution in [2.45, 2.75) is 44.8 Å². The van der Waals surface area contributed by atoms with Crippen molar-refractivity contribution in [3.63, 3.8) is 0 Å². The summed E-state index contributed by atoms with van der Waals surface area (Å²) in [6.45, 7) is 11.6. The van der Waals surface area contributed by atoms with Gasteiger partial charge in [-0.2, -0.15) is 0 Å². The van der Waals surface area contributed by atoms with Crippen LogP contribution in [0.2, 0.25) is 0 Å². The lowest BCUT2D eigenvalue weighted by Crippen LogP contribution is -2.54. The van der Waals surface area contributed by atoms with Crippen LogP contribution in [-0.4, -0.2) is 63.4 Å². The Bertz CT molecular complexity index is 1270. The van der Waals surface area contributed by atoms with Crippen molar-refractivity contribution in [2.75, 3.05) is 26.2 Å². The molecule has 8 nitrogen and oxygen atoms in total. The Labute approximate surface area is 224 Å². The molecule has 0 bridgehead atoms. The fraction of sp³-hybridized carbons (Fsp3) is 0.400. The number of nitrogens with zero attached hydrogens (tertiary/aromatic N) is 5. The molecule has 38 heavy (non-hydrogen) atoms. The van der Waals surface area contributed by atoms with Gasteiger partial charge in [-0.25, -0.2) is 9.83 Å². The van der Waals surface area contributed by atoms with E-state index in [1.807, 2.05) is 72.0 Å². The Morgan fingerprint density at radius 2 is 1.68 bits per heavy atom. The maximum absolute atomic E-state index is 13.5. The van der Waals surface area contributed by atoms with Gasteiger partial charge in [-0.1, -0.05) is 55.3 Å².